The molecule has 1 aliphatic rings. The van der Waals surface area contributed by atoms with Gasteiger partial charge in [0.25, 0.3) is 0 Å². The van der Waals surface area contributed by atoms with Gasteiger partial charge in [0.15, 0.2) is 18.1 Å². The third-order valence-corrected chi connectivity index (χ3v) is 5.32. The molecule has 1 aliphatic heterocycles. The van der Waals surface area contributed by atoms with Crippen LogP contribution in [-0.4, -0.2) is 43.3 Å². The van der Waals surface area contributed by atoms with E-state index in [1.54, 1.807) is 11.1 Å². The Hall–Kier alpha value is -2.50. The summed E-state index contributed by atoms with van der Waals surface area (Å²) >= 11 is 0. The fourth-order valence-corrected chi connectivity index (χ4v) is 3.89. The number of hydrogen-bond donors (Lipinski definition) is 3. The lowest BCUT2D eigenvalue weighted by atomic mass is 9.95. The standard InChI is InChI=1S/C20H22N4O/c1-23-11-13-24(14-12-23)19(16-6-9-21-10-7-16)17-5-4-15-3-2-8-22-18(15)20(17)25/h2-10,19,25H,11-14H2,1H3/p+3. The normalized spacial score (nSPS) is 22.0. The molecular weight excluding hydrogens is 312 g/mol. The summed E-state index contributed by atoms with van der Waals surface area (Å²) in [7, 11) is 2.25. The van der Waals surface area contributed by atoms with Gasteiger partial charge in [-0.2, -0.15) is 0 Å². The molecule has 5 heteroatoms. The van der Waals surface area contributed by atoms with Crippen molar-refractivity contribution in [3.05, 3.63) is 66.1 Å². The fourth-order valence-electron chi connectivity index (χ4n) is 3.89. The molecule has 0 saturated carbocycles. The predicted molar refractivity (Wildman–Crippen MR) is 95.6 cm³/mol. The number of fused-ring (bicyclic) bond motifs is 1. The van der Waals surface area contributed by atoms with Gasteiger partial charge in [-0.1, -0.05) is 12.1 Å². The number of hydrogen-bond acceptors (Lipinski definition) is 2. The summed E-state index contributed by atoms with van der Waals surface area (Å²) in [5, 5.41) is 11.9. The van der Waals surface area contributed by atoms with Gasteiger partial charge >= 0.3 is 0 Å². The summed E-state index contributed by atoms with van der Waals surface area (Å²) in [6.45, 7) is 4.48. The Balaban J connectivity index is 1.82. The lowest BCUT2D eigenvalue weighted by Gasteiger charge is -2.33. The molecule has 4 rings (SSSR count). The van der Waals surface area contributed by atoms with E-state index in [1.807, 2.05) is 24.5 Å². The van der Waals surface area contributed by atoms with Crippen molar-refractivity contribution in [3.63, 3.8) is 0 Å². The second kappa shape index (κ2) is 6.78. The molecule has 5 nitrogen and oxygen atoms in total. The summed E-state index contributed by atoms with van der Waals surface area (Å²) in [5.41, 5.74) is 2.87. The molecule has 0 bridgehead atoms. The first kappa shape index (κ1) is 16.0. The molecule has 1 aromatic carbocycles. The van der Waals surface area contributed by atoms with Gasteiger partial charge in [-0.3, -0.25) is 4.98 Å². The number of likely N-dealkylation sites (N-methyl/N-ethyl adjacent to an activating group) is 1. The monoisotopic (exact) mass is 337 g/mol. The number of nitrogens with one attached hydrogen (secondary N) is 3. The highest BCUT2D eigenvalue weighted by Gasteiger charge is 2.33. The number of rotatable bonds is 3. The number of pyridine rings is 2. The van der Waals surface area contributed by atoms with Gasteiger partial charge in [0.1, 0.15) is 37.7 Å². The van der Waals surface area contributed by atoms with Crippen LogP contribution in [0.5, 0.6) is 5.75 Å². The summed E-state index contributed by atoms with van der Waals surface area (Å²) in [4.78, 5) is 10.6. The minimum absolute atomic E-state index is 0.120. The predicted octanol–water partition coefficient (Wildman–Crippen LogP) is -0.743. The van der Waals surface area contributed by atoms with Crippen LogP contribution in [0, 0.1) is 0 Å². The molecule has 1 unspecified atom stereocenters. The lowest BCUT2D eigenvalue weighted by Crippen LogP contribution is -3.27. The van der Waals surface area contributed by atoms with Gasteiger partial charge in [-0.05, 0) is 12.1 Å². The number of benzene rings is 1. The van der Waals surface area contributed by atoms with E-state index in [0.717, 1.165) is 37.1 Å². The minimum Gasteiger partial charge on any atom is -0.505 e. The first-order valence-electron chi connectivity index (χ1n) is 8.92. The number of aromatic hydroxyl groups is 1. The quantitative estimate of drug-likeness (QED) is 0.590. The van der Waals surface area contributed by atoms with E-state index < -0.39 is 0 Å². The third kappa shape index (κ3) is 3.08. The molecular formula is C20H25N4O+3. The van der Waals surface area contributed by atoms with Gasteiger partial charge in [0, 0.05) is 29.3 Å². The Morgan fingerprint density at radius 1 is 1.04 bits per heavy atom. The average molecular weight is 337 g/mol. The van der Waals surface area contributed by atoms with Crippen LogP contribution < -0.4 is 14.8 Å². The highest BCUT2D eigenvalue weighted by Crippen LogP contribution is 2.32. The van der Waals surface area contributed by atoms with Crippen LogP contribution in [0.3, 0.4) is 0 Å². The smallest absolute Gasteiger partial charge is 0.167 e. The molecule has 1 atom stereocenters. The van der Waals surface area contributed by atoms with E-state index >= 15 is 0 Å². The van der Waals surface area contributed by atoms with E-state index in [4.69, 9.17) is 0 Å². The maximum absolute atomic E-state index is 11.0. The van der Waals surface area contributed by atoms with Crippen molar-refractivity contribution >= 4 is 10.9 Å². The molecule has 0 spiro atoms. The number of aromatic nitrogens is 2. The van der Waals surface area contributed by atoms with Crippen molar-refractivity contribution in [2.75, 3.05) is 33.2 Å². The number of aromatic amines is 1. The zero-order valence-electron chi connectivity index (χ0n) is 14.5. The number of nitrogens with zero attached hydrogens (tertiary/aromatic N) is 1. The first-order valence-corrected chi connectivity index (χ1v) is 8.92. The molecule has 4 N–H and O–H groups in total. The van der Waals surface area contributed by atoms with Gasteiger partial charge in [0.05, 0.1) is 12.6 Å². The van der Waals surface area contributed by atoms with E-state index in [1.165, 1.54) is 10.5 Å². The van der Waals surface area contributed by atoms with Crippen LogP contribution in [0.4, 0.5) is 0 Å². The highest BCUT2D eigenvalue weighted by molar-refractivity contribution is 5.85. The molecule has 128 valence electrons. The third-order valence-electron chi connectivity index (χ3n) is 5.32. The topological polar surface area (TPSA) is 56.1 Å². The van der Waals surface area contributed by atoms with Crippen LogP contribution >= 0.6 is 0 Å². The summed E-state index contributed by atoms with van der Waals surface area (Å²) in [5.74, 6) is 0.315. The minimum atomic E-state index is 0.120. The van der Waals surface area contributed by atoms with E-state index in [-0.39, 0.29) is 6.04 Å². The molecule has 0 amide bonds. The zero-order chi connectivity index (χ0) is 17.2. The molecule has 25 heavy (non-hydrogen) atoms. The molecule has 3 aromatic rings. The first-order chi connectivity index (χ1) is 12.2. The van der Waals surface area contributed by atoms with Crippen LogP contribution in [0.25, 0.3) is 10.9 Å². The van der Waals surface area contributed by atoms with Crippen molar-refractivity contribution in [1.82, 2.24) is 4.98 Å². The molecule has 2 aromatic heterocycles. The van der Waals surface area contributed by atoms with E-state index in [9.17, 15) is 5.11 Å². The van der Waals surface area contributed by atoms with Crippen LogP contribution in [0.15, 0.2) is 55.0 Å². The summed E-state index contributed by atoms with van der Waals surface area (Å²) in [6.07, 6.45) is 5.66. The largest absolute Gasteiger partial charge is 0.505 e. The zero-order valence-corrected chi connectivity index (χ0v) is 14.5. The molecule has 3 heterocycles. The second-order valence-electron chi connectivity index (χ2n) is 6.96. The second-order valence-corrected chi connectivity index (χ2v) is 6.96. The number of piperazine rings is 1. The Labute approximate surface area is 147 Å². The van der Waals surface area contributed by atoms with Crippen molar-refractivity contribution in [2.24, 2.45) is 0 Å². The van der Waals surface area contributed by atoms with E-state index in [0.29, 0.717) is 11.3 Å². The number of quaternary nitrogens is 2. The molecule has 1 saturated heterocycles. The maximum atomic E-state index is 11.0. The number of phenolic OH excluding ortho intramolecular Hbond substituents is 1. The Morgan fingerprint density at radius 2 is 1.80 bits per heavy atom. The number of H-pyrrole nitrogens is 1. The Morgan fingerprint density at radius 3 is 2.56 bits per heavy atom. The highest BCUT2D eigenvalue weighted by atomic mass is 16.3. The summed E-state index contributed by atoms with van der Waals surface area (Å²) in [6, 6.07) is 12.4. The van der Waals surface area contributed by atoms with Crippen LogP contribution in [0.2, 0.25) is 0 Å². The molecule has 0 radical (unpaired) electrons. The Kier molecular flexibility index (Phi) is 4.34. The SMILES string of the molecule is C[NH+]1CC[NH+](C(c2cc[nH+]cc2)c2ccc3cccnc3c2O)CC1. The van der Waals surface area contributed by atoms with Crippen molar-refractivity contribution < 1.29 is 19.9 Å². The lowest BCUT2D eigenvalue weighted by molar-refractivity contribution is -1.02. The Bertz CT molecular complexity index is 860. The maximum Gasteiger partial charge on any atom is 0.167 e. The van der Waals surface area contributed by atoms with Crippen molar-refractivity contribution in [1.29, 1.82) is 0 Å². The number of phenols is 1. The fraction of sp³-hybridized carbons (Fsp3) is 0.300. The summed E-state index contributed by atoms with van der Waals surface area (Å²) < 4.78 is 0. The van der Waals surface area contributed by atoms with Crippen LogP contribution in [-0.2, 0) is 0 Å². The van der Waals surface area contributed by atoms with Gasteiger partial charge in [-0.15, -0.1) is 0 Å². The van der Waals surface area contributed by atoms with Gasteiger partial charge in [-0.25, -0.2) is 4.98 Å². The average Bonchev–Trinajstić information content (AvgIpc) is 2.66. The van der Waals surface area contributed by atoms with Gasteiger partial charge in [0.2, 0.25) is 0 Å². The van der Waals surface area contributed by atoms with E-state index in [2.05, 4.69) is 41.3 Å². The van der Waals surface area contributed by atoms with Gasteiger partial charge < -0.3 is 14.9 Å². The molecule has 1 fully saturated rings. The molecule has 0 aliphatic carbocycles. The van der Waals surface area contributed by atoms with Crippen LogP contribution in [0.1, 0.15) is 17.2 Å². The van der Waals surface area contributed by atoms with Crippen molar-refractivity contribution in [3.8, 4) is 5.75 Å². The van der Waals surface area contributed by atoms with Crippen molar-refractivity contribution in [2.45, 2.75) is 6.04 Å².